The first-order valence-electron chi connectivity index (χ1n) is 6.35. The van der Waals surface area contributed by atoms with Gasteiger partial charge < -0.3 is 5.11 Å². The molecule has 1 N–H and O–H groups in total. The Bertz CT molecular complexity index is 608. The van der Waals surface area contributed by atoms with E-state index < -0.39 is 5.97 Å². The molecule has 0 saturated heterocycles. The quantitative estimate of drug-likeness (QED) is 0.842. The number of hydrogen-bond donors (Lipinski definition) is 1. The molecule has 20 heavy (non-hydrogen) atoms. The summed E-state index contributed by atoms with van der Waals surface area (Å²) < 4.78 is 0.902. The Labute approximate surface area is 131 Å². The molecule has 0 fully saturated rings. The normalized spacial score (nSPS) is 10.5. The van der Waals surface area contributed by atoms with Crippen molar-refractivity contribution in [1.82, 2.24) is 0 Å². The topological polar surface area (TPSA) is 37.3 Å². The van der Waals surface area contributed by atoms with Crippen LogP contribution < -0.4 is 0 Å². The average Bonchev–Trinajstić information content (AvgIpc) is 2.42. The smallest absolute Gasteiger partial charge is 0.307 e. The Morgan fingerprint density at radius 1 is 1.20 bits per heavy atom. The summed E-state index contributed by atoms with van der Waals surface area (Å²) in [6.45, 7) is 2.13. The van der Waals surface area contributed by atoms with E-state index in [1.54, 1.807) is 11.8 Å². The van der Waals surface area contributed by atoms with Crippen molar-refractivity contribution in [2.24, 2.45) is 0 Å². The predicted octanol–water partition coefficient (Wildman–Crippen LogP) is 4.79. The van der Waals surface area contributed by atoms with Crippen molar-refractivity contribution in [3.8, 4) is 0 Å². The Morgan fingerprint density at radius 2 is 1.90 bits per heavy atom. The van der Waals surface area contributed by atoms with Crippen LogP contribution in [0.2, 0.25) is 0 Å². The highest BCUT2D eigenvalue weighted by molar-refractivity contribution is 9.10. The number of hydrogen-bond acceptors (Lipinski definition) is 2. The minimum atomic E-state index is -0.814. The number of aryl methyl sites for hydroxylation is 1. The van der Waals surface area contributed by atoms with Crippen LogP contribution in [0.5, 0.6) is 0 Å². The van der Waals surface area contributed by atoms with Crippen LogP contribution in [0.4, 0.5) is 0 Å². The fourth-order valence-corrected chi connectivity index (χ4v) is 3.20. The van der Waals surface area contributed by atoms with Gasteiger partial charge in [0.25, 0.3) is 0 Å². The van der Waals surface area contributed by atoms with Gasteiger partial charge >= 0.3 is 5.97 Å². The second kappa shape index (κ2) is 6.95. The molecule has 4 heteroatoms. The second-order valence-electron chi connectivity index (χ2n) is 4.42. The van der Waals surface area contributed by atoms with Crippen molar-refractivity contribution in [3.05, 3.63) is 58.1 Å². The molecule has 0 saturated carbocycles. The number of halogens is 1. The zero-order chi connectivity index (χ0) is 14.5. The van der Waals surface area contributed by atoms with Crippen LogP contribution in [0.3, 0.4) is 0 Å². The van der Waals surface area contributed by atoms with E-state index in [1.165, 1.54) is 5.56 Å². The summed E-state index contributed by atoms with van der Waals surface area (Å²) in [4.78, 5) is 13.1. The largest absolute Gasteiger partial charge is 0.481 e. The van der Waals surface area contributed by atoms with Gasteiger partial charge in [-0.15, -0.1) is 0 Å². The van der Waals surface area contributed by atoms with Crippen LogP contribution in [0.1, 0.15) is 18.1 Å². The van der Waals surface area contributed by atoms with Crippen molar-refractivity contribution >= 4 is 33.7 Å². The van der Waals surface area contributed by atoms with E-state index in [0.29, 0.717) is 0 Å². The fourth-order valence-electron chi connectivity index (χ4n) is 1.87. The van der Waals surface area contributed by atoms with E-state index in [4.69, 9.17) is 5.11 Å². The van der Waals surface area contributed by atoms with Crippen molar-refractivity contribution in [2.45, 2.75) is 29.6 Å². The maximum Gasteiger partial charge on any atom is 0.307 e. The molecule has 0 heterocycles. The van der Waals surface area contributed by atoms with Crippen LogP contribution in [0.25, 0.3) is 0 Å². The van der Waals surface area contributed by atoms with Gasteiger partial charge in [0.2, 0.25) is 0 Å². The van der Waals surface area contributed by atoms with E-state index in [0.717, 1.165) is 26.2 Å². The van der Waals surface area contributed by atoms with E-state index in [-0.39, 0.29) is 6.42 Å². The number of carbonyl (C=O) groups is 1. The highest BCUT2D eigenvalue weighted by Gasteiger charge is 2.09. The maximum atomic E-state index is 10.9. The molecule has 0 aliphatic carbocycles. The van der Waals surface area contributed by atoms with Crippen molar-refractivity contribution in [1.29, 1.82) is 0 Å². The molecule has 0 radical (unpaired) electrons. The standard InChI is InChI=1S/C16H15BrO2S/c1-2-11-3-6-14(7-4-11)20-15-8-5-13(17)9-12(15)10-16(18)19/h3-9H,2,10H2,1H3,(H,18,19). The molecule has 2 aromatic carbocycles. The molecule has 104 valence electrons. The van der Waals surface area contributed by atoms with Gasteiger partial charge in [0.05, 0.1) is 6.42 Å². The minimum absolute atomic E-state index is 0.0365. The summed E-state index contributed by atoms with van der Waals surface area (Å²) in [5, 5.41) is 8.99. The SMILES string of the molecule is CCc1ccc(Sc2ccc(Br)cc2CC(=O)O)cc1. The summed E-state index contributed by atoms with van der Waals surface area (Å²) in [6, 6.07) is 14.1. The third-order valence-electron chi connectivity index (χ3n) is 2.92. The Balaban J connectivity index is 2.25. The zero-order valence-electron chi connectivity index (χ0n) is 11.1. The van der Waals surface area contributed by atoms with E-state index in [2.05, 4.69) is 47.1 Å². The van der Waals surface area contributed by atoms with Gasteiger partial charge in [-0.2, -0.15) is 0 Å². The van der Waals surface area contributed by atoms with Gasteiger partial charge in [-0.3, -0.25) is 4.79 Å². The van der Waals surface area contributed by atoms with Crippen LogP contribution in [-0.4, -0.2) is 11.1 Å². The molecule has 0 aromatic heterocycles. The fraction of sp³-hybridized carbons (Fsp3) is 0.188. The molecule has 0 atom stereocenters. The number of carboxylic acids is 1. The van der Waals surface area contributed by atoms with Gasteiger partial charge in [-0.1, -0.05) is 46.7 Å². The maximum absolute atomic E-state index is 10.9. The summed E-state index contributed by atoms with van der Waals surface area (Å²) in [6.07, 6.45) is 1.06. The van der Waals surface area contributed by atoms with Crippen LogP contribution in [0, 0.1) is 0 Å². The molecule has 2 aromatic rings. The molecule has 0 spiro atoms. The van der Waals surface area contributed by atoms with Gasteiger partial charge in [0.15, 0.2) is 0 Å². The minimum Gasteiger partial charge on any atom is -0.481 e. The predicted molar refractivity (Wildman–Crippen MR) is 85.4 cm³/mol. The Kier molecular flexibility index (Phi) is 5.26. The monoisotopic (exact) mass is 350 g/mol. The molecule has 0 aliphatic heterocycles. The summed E-state index contributed by atoms with van der Waals surface area (Å²) >= 11 is 4.99. The van der Waals surface area contributed by atoms with Gasteiger partial charge in [-0.05, 0) is 47.9 Å². The van der Waals surface area contributed by atoms with Crippen molar-refractivity contribution in [2.75, 3.05) is 0 Å². The lowest BCUT2D eigenvalue weighted by atomic mass is 10.1. The Morgan fingerprint density at radius 3 is 2.50 bits per heavy atom. The molecule has 0 bridgehead atoms. The van der Waals surface area contributed by atoms with Crippen LogP contribution >= 0.6 is 27.7 Å². The molecule has 0 aliphatic rings. The summed E-state index contributed by atoms with van der Waals surface area (Å²) in [5.41, 5.74) is 2.13. The first-order valence-corrected chi connectivity index (χ1v) is 7.96. The average molecular weight is 351 g/mol. The highest BCUT2D eigenvalue weighted by Crippen LogP contribution is 2.32. The number of carboxylic acid groups (broad SMARTS) is 1. The molecule has 2 nitrogen and oxygen atoms in total. The van der Waals surface area contributed by atoms with E-state index >= 15 is 0 Å². The van der Waals surface area contributed by atoms with E-state index in [9.17, 15) is 4.79 Å². The van der Waals surface area contributed by atoms with Gasteiger partial charge in [0, 0.05) is 14.3 Å². The van der Waals surface area contributed by atoms with Crippen molar-refractivity contribution in [3.63, 3.8) is 0 Å². The molecule has 0 unspecified atom stereocenters. The number of rotatable bonds is 5. The summed E-state index contributed by atoms with van der Waals surface area (Å²) in [7, 11) is 0. The first kappa shape index (κ1) is 15.1. The molecular weight excluding hydrogens is 336 g/mol. The molecule has 0 amide bonds. The van der Waals surface area contributed by atoms with E-state index in [1.807, 2.05) is 18.2 Å². The third kappa shape index (κ3) is 4.12. The molecular formula is C16H15BrO2S. The summed E-state index contributed by atoms with van der Waals surface area (Å²) in [5.74, 6) is -0.814. The lowest BCUT2D eigenvalue weighted by Crippen LogP contribution is -2.01. The second-order valence-corrected chi connectivity index (χ2v) is 6.45. The highest BCUT2D eigenvalue weighted by atomic mass is 79.9. The van der Waals surface area contributed by atoms with Crippen LogP contribution in [0.15, 0.2) is 56.7 Å². The van der Waals surface area contributed by atoms with Crippen LogP contribution in [-0.2, 0) is 17.6 Å². The Hall–Kier alpha value is -1.26. The van der Waals surface area contributed by atoms with Gasteiger partial charge in [0.1, 0.15) is 0 Å². The number of aliphatic carboxylic acids is 1. The number of benzene rings is 2. The molecule has 2 rings (SSSR count). The third-order valence-corrected chi connectivity index (χ3v) is 4.54. The lowest BCUT2D eigenvalue weighted by molar-refractivity contribution is -0.136. The van der Waals surface area contributed by atoms with Crippen molar-refractivity contribution < 1.29 is 9.90 Å². The zero-order valence-corrected chi connectivity index (χ0v) is 13.5. The first-order chi connectivity index (χ1) is 9.58. The van der Waals surface area contributed by atoms with Gasteiger partial charge in [-0.25, -0.2) is 0 Å². The lowest BCUT2D eigenvalue weighted by Gasteiger charge is -2.09.